The number of rotatable bonds is 2. The zero-order chi connectivity index (χ0) is 13.9. The summed E-state index contributed by atoms with van der Waals surface area (Å²) < 4.78 is 12.4. The number of hydrogen-bond acceptors (Lipinski definition) is 3. The topological polar surface area (TPSA) is 47.6 Å². The molecular formula is C15H18BrNO3. The molecule has 2 aliphatic rings. The lowest BCUT2D eigenvalue weighted by Gasteiger charge is -2.39. The highest BCUT2D eigenvalue weighted by atomic mass is 79.9. The maximum atomic E-state index is 12.2. The second-order valence-corrected chi connectivity index (χ2v) is 6.22. The van der Waals surface area contributed by atoms with Gasteiger partial charge in [0.1, 0.15) is 0 Å². The van der Waals surface area contributed by atoms with E-state index in [-0.39, 0.29) is 24.2 Å². The number of carbonyl (C=O) groups excluding carboxylic acids is 1. The number of ether oxygens (including phenoxy) is 2. The lowest BCUT2D eigenvalue weighted by Crippen LogP contribution is -2.49. The van der Waals surface area contributed by atoms with Gasteiger partial charge in [-0.05, 0) is 43.5 Å². The van der Waals surface area contributed by atoms with Gasteiger partial charge in [-0.1, -0.05) is 15.9 Å². The Morgan fingerprint density at radius 1 is 1.10 bits per heavy atom. The van der Waals surface area contributed by atoms with Gasteiger partial charge >= 0.3 is 0 Å². The molecule has 3 rings (SSSR count). The molecule has 108 valence electrons. The molecule has 1 saturated heterocycles. The number of halogens is 1. The predicted molar refractivity (Wildman–Crippen MR) is 78.7 cm³/mol. The fraction of sp³-hybridized carbons (Fsp3) is 0.533. The van der Waals surface area contributed by atoms with Crippen molar-refractivity contribution in [1.29, 1.82) is 0 Å². The van der Waals surface area contributed by atoms with Crippen LogP contribution in [-0.2, 0) is 9.47 Å². The molecule has 1 aliphatic carbocycles. The number of fused-ring (bicyclic) bond motifs is 1. The van der Waals surface area contributed by atoms with Crippen LogP contribution < -0.4 is 5.32 Å². The van der Waals surface area contributed by atoms with Gasteiger partial charge in [0.2, 0.25) is 0 Å². The molecule has 1 amide bonds. The van der Waals surface area contributed by atoms with E-state index in [2.05, 4.69) is 21.2 Å². The van der Waals surface area contributed by atoms with E-state index in [9.17, 15) is 4.79 Å². The number of hydrogen-bond donors (Lipinski definition) is 1. The Morgan fingerprint density at radius 2 is 1.80 bits per heavy atom. The first-order chi connectivity index (χ1) is 9.72. The number of benzene rings is 1. The van der Waals surface area contributed by atoms with Crippen LogP contribution in [0.5, 0.6) is 0 Å². The van der Waals surface area contributed by atoms with Gasteiger partial charge in [0.05, 0.1) is 25.4 Å². The Bertz CT molecular complexity index is 477. The second kappa shape index (κ2) is 6.24. The van der Waals surface area contributed by atoms with Gasteiger partial charge in [-0.15, -0.1) is 0 Å². The molecule has 0 bridgehead atoms. The van der Waals surface area contributed by atoms with Gasteiger partial charge in [-0.2, -0.15) is 0 Å². The smallest absolute Gasteiger partial charge is 0.251 e. The molecule has 0 aromatic heterocycles. The number of nitrogens with one attached hydrogen (secondary N) is 1. The van der Waals surface area contributed by atoms with Gasteiger partial charge in [-0.25, -0.2) is 0 Å². The molecule has 2 fully saturated rings. The third-order valence-electron chi connectivity index (χ3n) is 3.92. The van der Waals surface area contributed by atoms with E-state index in [0.29, 0.717) is 18.8 Å². The molecule has 1 heterocycles. The van der Waals surface area contributed by atoms with Crippen LogP contribution in [0, 0.1) is 0 Å². The highest BCUT2D eigenvalue weighted by Crippen LogP contribution is 2.27. The first kappa shape index (κ1) is 14.0. The number of carbonyl (C=O) groups is 1. The molecule has 1 N–H and O–H groups in total. The molecular weight excluding hydrogens is 322 g/mol. The van der Waals surface area contributed by atoms with Gasteiger partial charge < -0.3 is 14.8 Å². The van der Waals surface area contributed by atoms with Crippen molar-refractivity contribution in [3.05, 3.63) is 34.3 Å². The summed E-state index contributed by atoms with van der Waals surface area (Å²) in [6.07, 6.45) is 3.09. The molecule has 1 aromatic rings. The van der Waals surface area contributed by atoms with Crippen molar-refractivity contribution in [3.8, 4) is 0 Å². The minimum atomic E-state index is -0.0160. The van der Waals surface area contributed by atoms with E-state index in [4.69, 9.17) is 9.47 Å². The molecule has 1 aromatic carbocycles. The highest BCUT2D eigenvalue weighted by molar-refractivity contribution is 9.10. The van der Waals surface area contributed by atoms with E-state index < -0.39 is 0 Å². The van der Waals surface area contributed by atoms with E-state index in [1.54, 1.807) is 0 Å². The highest BCUT2D eigenvalue weighted by Gasteiger charge is 2.34. The standard InChI is InChI=1S/C15H18BrNO3/c16-11-3-1-10(2-4-11)15(18)17-12-5-6-13-14(9-12)20-8-7-19-13/h1-4,12-14H,5-9H2,(H,17,18). The summed E-state index contributed by atoms with van der Waals surface area (Å²) in [5.41, 5.74) is 0.691. The van der Waals surface area contributed by atoms with E-state index in [1.165, 1.54) is 0 Å². The zero-order valence-electron chi connectivity index (χ0n) is 11.2. The molecule has 5 heteroatoms. The Morgan fingerprint density at radius 3 is 2.55 bits per heavy atom. The van der Waals surface area contributed by atoms with Crippen LogP contribution in [0.4, 0.5) is 0 Å². The average molecular weight is 340 g/mol. The lowest BCUT2D eigenvalue weighted by molar-refractivity contribution is -0.157. The van der Waals surface area contributed by atoms with Crippen molar-refractivity contribution in [2.75, 3.05) is 13.2 Å². The van der Waals surface area contributed by atoms with Crippen LogP contribution in [0.15, 0.2) is 28.7 Å². The molecule has 0 radical (unpaired) electrons. The first-order valence-electron chi connectivity index (χ1n) is 7.02. The Balaban J connectivity index is 1.58. The Kier molecular flexibility index (Phi) is 4.38. The van der Waals surface area contributed by atoms with Crippen molar-refractivity contribution >= 4 is 21.8 Å². The van der Waals surface area contributed by atoms with Crippen LogP contribution in [0.3, 0.4) is 0 Å². The Labute approximate surface area is 127 Å². The van der Waals surface area contributed by atoms with Gasteiger partial charge in [0.15, 0.2) is 0 Å². The van der Waals surface area contributed by atoms with Crippen molar-refractivity contribution in [3.63, 3.8) is 0 Å². The summed E-state index contributed by atoms with van der Waals surface area (Å²) in [4.78, 5) is 12.2. The summed E-state index contributed by atoms with van der Waals surface area (Å²) in [6, 6.07) is 7.58. The SMILES string of the molecule is O=C(NC1CCC2OCCOC2C1)c1ccc(Br)cc1. The minimum absolute atomic E-state index is 0.0160. The molecule has 1 aliphatic heterocycles. The predicted octanol–water partition coefficient (Wildman–Crippen LogP) is 2.52. The summed E-state index contributed by atoms with van der Waals surface area (Å²) in [7, 11) is 0. The normalized spacial score (nSPS) is 29.6. The monoisotopic (exact) mass is 339 g/mol. The summed E-state index contributed by atoms with van der Waals surface area (Å²) in [6.45, 7) is 1.35. The van der Waals surface area contributed by atoms with Gasteiger partial charge in [0.25, 0.3) is 5.91 Å². The van der Waals surface area contributed by atoms with Crippen molar-refractivity contribution in [2.24, 2.45) is 0 Å². The van der Waals surface area contributed by atoms with Crippen molar-refractivity contribution in [2.45, 2.75) is 37.5 Å². The third-order valence-corrected chi connectivity index (χ3v) is 4.45. The molecule has 3 unspecified atom stereocenters. The summed E-state index contributed by atoms with van der Waals surface area (Å²) in [5, 5.41) is 3.10. The average Bonchev–Trinajstić information content (AvgIpc) is 2.48. The van der Waals surface area contributed by atoms with E-state index >= 15 is 0 Å². The molecule has 1 saturated carbocycles. The second-order valence-electron chi connectivity index (χ2n) is 5.31. The Hall–Kier alpha value is -0.910. The fourth-order valence-electron chi connectivity index (χ4n) is 2.87. The molecule has 0 spiro atoms. The van der Waals surface area contributed by atoms with Crippen molar-refractivity contribution in [1.82, 2.24) is 5.32 Å². The van der Waals surface area contributed by atoms with Gasteiger partial charge in [-0.3, -0.25) is 4.79 Å². The van der Waals surface area contributed by atoms with Crippen LogP contribution in [0.25, 0.3) is 0 Å². The molecule has 20 heavy (non-hydrogen) atoms. The summed E-state index contributed by atoms with van der Waals surface area (Å²) >= 11 is 3.37. The molecule has 3 atom stereocenters. The van der Waals surface area contributed by atoms with Crippen LogP contribution >= 0.6 is 15.9 Å². The maximum Gasteiger partial charge on any atom is 0.251 e. The third kappa shape index (κ3) is 3.22. The quantitative estimate of drug-likeness (QED) is 0.900. The van der Waals surface area contributed by atoms with Gasteiger partial charge in [0, 0.05) is 16.1 Å². The first-order valence-corrected chi connectivity index (χ1v) is 7.81. The zero-order valence-corrected chi connectivity index (χ0v) is 12.8. The van der Waals surface area contributed by atoms with Crippen molar-refractivity contribution < 1.29 is 14.3 Å². The van der Waals surface area contributed by atoms with Crippen LogP contribution in [0.1, 0.15) is 29.6 Å². The minimum Gasteiger partial charge on any atom is -0.373 e. The lowest BCUT2D eigenvalue weighted by atomic mass is 9.89. The van der Waals surface area contributed by atoms with Crippen LogP contribution in [0.2, 0.25) is 0 Å². The molecule has 4 nitrogen and oxygen atoms in total. The maximum absolute atomic E-state index is 12.2. The van der Waals surface area contributed by atoms with E-state index in [1.807, 2.05) is 24.3 Å². The van der Waals surface area contributed by atoms with E-state index in [0.717, 1.165) is 23.7 Å². The largest absolute Gasteiger partial charge is 0.373 e. The fourth-order valence-corrected chi connectivity index (χ4v) is 3.13. The summed E-state index contributed by atoms with van der Waals surface area (Å²) in [5.74, 6) is -0.0160. The number of amides is 1. The van der Waals surface area contributed by atoms with Crippen LogP contribution in [-0.4, -0.2) is 37.4 Å².